The number of nitrogens with zero attached hydrogens (tertiary/aromatic N) is 5. The van der Waals surface area contributed by atoms with Gasteiger partial charge in [0.2, 0.25) is 0 Å². The van der Waals surface area contributed by atoms with E-state index in [0.29, 0.717) is 69.2 Å². The number of likely N-dealkylation sites (tertiary alicyclic amines) is 2. The van der Waals surface area contributed by atoms with Crippen molar-refractivity contribution in [1.82, 2.24) is 24.5 Å². The first-order valence-electron chi connectivity index (χ1n) is 18.9. The third-order valence-electron chi connectivity index (χ3n) is 11.4. The number of piperazine rings is 1. The van der Waals surface area contributed by atoms with Crippen LogP contribution in [0.15, 0.2) is 36.4 Å². The van der Waals surface area contributed by atoms with Crippen LogP contribution in [0.2, 0.25) is 0 Å². The van der Waals surface area contributed by atoms with Gasteiger partial charge in [0.25, 0.3) is 5.91 Å². The average Bonchev–Trinajstić information content (AvgIpc) is 3.31. The van der Waals surface area contributed by atoms with Gasteiger partial charge in [-0.05, 0) is 100 Å². The van der Waals surface area contributed by atoms with E-state index >= 15 is 0 Å². The number of benzene rings is 2. The molecule has 0 saturated carbocycles. The van der Waals surface area contributed by atoms with Crippen molar-refractivity contribution < 1.29 is 34.1 Å². The summed E-state index contributed by atoms with van der Waals surface area (Å²) in [6.45, 7) is 10.4. The number of carboxylic acid groups (broad SMARTS) is 1. The summed E-state index contributed by atoms with van der Waals surface area (Å²) in [6, 6.07) is 11.9. The summed E-state index contributed by atoms with van der Waals surface area (Å²) in [7, 11) is 0. The smallest absolute Gasteiger partial charge is 0.410 e. The molecule has 0 spiro atoms. The maximum Gasteiger partial charge on any atom is 0.410 e. The first-order chi connectivity index (χ1) is 25.0. The zero-order valence-corrected chi connectivity index (χ0v) is 30.6. The number of aryl methyl sites for hydroxylation is 2. The SMILES string of the molecule is Cc1cc(C[C@@H](OC(=O)N2CCC(N3CCc4ccccc4NC3=O)CC2)C(=O)N2CCN(C3CCN(CCCC(=O)O)CC3)CC2)cc(C)c1O. The van der Waals surface area contributed by atoms with Gasteiger partial charge in [0.05, 0.1) is 0 Å². The van der Waals surface area contributed by atoms with Crippen LogP contribution in [0.4, 0.5) is 15.3 Å². The Balaban J connectivity index is 1.04. The van der Waals surface area contributed by atoms with Crippen molar-refractivity contribution in [1.29, 1.82) is 0 Å². The molecule has 13 heteroatoms. The molecule has 2 aromatic carbocycles. The molecule has 6 rings (SSSR count). The second kappa shape index (κ2) is 17.0. The predicted octanol–water partition coefficient (Wildman–Crippen LogP) is 4.08. The highest BCUT2D eigenvalue weighted by molar-refractivity contribution is 5.91. The van der Waals surface area contributed by atoms with Crippen molar-refractivity contribution in [2.75, 3.05) is 70.8 Å². The number of urea groups is 1. The number of ether oxygens (including phenoxy) is 1. The van der Waals surface area contributed by atoms with Crippen molar-refractivity contribution in [2.45, 2.75) is 83.4 Å². The lowest BCUT2D eigenvalue weighted by Crippen LogP contribution is -2.56. The Morgan fingerprint density at radius 1 is 0.865 bits per heavy atom. The Kier molecular flexibility index (Phi) is 12.2. The number of carbonyl (C=O) groups excluding carboxylic acids is 3. The van der Waals surface area contributed by atoms with Crippen LogP contribution in [0.25, 0.3) is 0 Å². The van der Waals surface area contributed by atoms with Crippen LogP contribution in [0.5, 0.6) is 5.75 Å². The summed E-state index contributed by atoms with van der Waals surface area (Å²) in [5, 5.41) is 22.4. The molecule has 3 saturated heterocycles. The first kappa shape index (κ1) is 37.4. The molecule has 0 unspecified atom stereocenters. The highest BCUT2D eigenvalue weighted by Gasteiger charge is 2.36. The Morgan fingerprint density at radius 2 is 1.52 bits per heavy atom. The maximum absolute atomic E-state index is 14.1. The molecule has 4 amide bonds. The Morgan fingerprint density at radius 3 is 2.19 bits per heavy atom. The summed E-state index contributed by atoms with van der Waals surface area (Å²) in [5.41, 5.74) is 4.19. The molecule has 13 nitrogen and oxygen atoms in total. The number of fused-ring (bicyclic) bond motifs is 1. The van der Waals surface area contributed by atoms with Crippen molar-refractivity contribution >= 4 is 29.7 Å². The quantitative estimate of drug-likeness (QED) is 0.331. The van der Waals surface area contributed by atoms with E-state index in [1.54, 1.807) is 4.90 Å². The number of hydrogen-bond donors (Lipinski definition) is 3. The van der Waals surface area contributed by atoms with Gasteiger partial charge in [-0.15, -0.1) is 0 Å². The van der Waals surface area contributed by atoms with E-state index in [2.05, 4.69) is 15.1 Å². The number of carbonyl (C=O) groups is 4. The number of hydrogen-bond acceptors (Lipinski definition) is 8. The van der Waals surface area contributed by atoms with Gasteiger partial charge in [-0.2, -0.15) is 0 Å². The summed E-state index contributed by atoms with van der Waals surface area (Å²) in [6.07, 6.45) is 3.59. The van der Waals surface area contributed by atoms with Gasteiger partial charge in [0.15, 0.2) is 6.10 Å². The molecular weight excluding hydrogens is 664 g/mol. The third kappa shape index (κ3) is 9.16. The van der Waals surface area contributed by atoms with E-state index in [1.807, 2.05) is 60.0 Å². The summed E-state index contributed by atoms with van der Waals surface area (Å²) in [5.74, 6) is -0.740. The van der Waals surface area contributed by atoms with E-state index in [9.17, 15) is 24.3 Å². The van der Waals surface area contributed by atoms with Gasteiger partial charge >= 0.3 is 18.1 Å². The molecule has 0 aromatic heterocycles. The Hall–Kier alpha value is -4.36. The molecule has 52 heavy (non-hydrogen) atoms. The van der Waals surface area contributed by atoms with Gasteiger partial charge in [0.1, 0.15) is 5.75 Å². The highest BCUT2D eigenvalue weighted by Crippen LogP contribution is 2.27. The van der Waals surface area contributed by atoms with E-state index in [0.717, 1.165) is 68.8 Å². The standard InChI is InChI=1S/C39H54N6O7/c1-27-24-29(25-28(2)36(27)48)26-34(37(49)43-22-20-42(21-23-43)31-10-15-41(16-11-31)14-5-8-35(46)47)52-39(51)44-17-12-32(13-18-44)45-19-9-30-6-3-4-7-33(30)40-38(45)50/h3-4,6-7,24-25,31-32,34,48H,5,8-23,26H2,1-2H3,(H,40,50)(H,46,47)/t34-/m1/s1. The number of aliphatic carboxylic acids is 1. The van der Waals surface area contributed by atoms with Crippen LogP contribution in [0, 0.1) is 13.8 Å². The van der Waals surface area contributed by atoms with Gasteiger partial charge in [-0.1, -0.05) is 30.3 Å². The average molecular weight is 719 g/mol. The van der Waals surface area contributed by atoms with Gasteiger partial charge in [-0.3, -0.25) is 14.5 Å². The number of aromatic hydroxyl groups is 1. The molecule has 2 aromatic rings. The predicted molar refractivity (Wildman–Crippen MR) is 197 cm³/mol. The number of rotatable bonds is 10. The van der Waals surface area contributed by atoms with Crippen LogP contribution < -0.4 is 5.32 Å². The summed E-state index contributed by atoms with van der Waals surface area (Å²) < 4.78 is 6.07. The van der Waals surface area contributed by atoms with Crippen molar-refractivity contribution in [3.05, 3.63) is 58.7 Å². The number of phenols is 1. The zero-order chi connectivity index (χ0) is 36.8. The van der Waals surface area contributed by atoms with Crippen LogP contribution in [-0.2, 0) is 27.2 Å². The summed E-state index contributed by atoms with van der Waals surface area (Å²) in [4.78, 5) is 61.9. The lowest BCUT2D eigenvalue weighted by molar-refractivity contribution is -0.143. The fourth-order valence-electron chi connectivity index (χ4n) is 8.32. The number of anilines is 1. The Labute approximate surface area is 306 Å². The van der Waals surface area contributed by atoms with E-state index < -0.39 is 18.2 Å². The van der Waals surface area contributed by atoms with E-state index in [1.165, 1.54) is 0 Å². The molecular formula is C39H54N6O7. The van der Waals surface area contributed by atoms with Gasteiger partial charge in [-0.25, -0.2) is 9.59 Å². The number of carboxylic acids is 1. The lowest BCUT2D eigenvalue weighted by Gasteiger charge is -2.43. The molecule has 0 radical (unpaired) electrons. The van der Waals surface area contributed by atoms with Crippen molar-refractivity contribution in [2.24, 2.45) is 0 Å². The molecule has 3 N–H and O–H groups in total. The molecule has 0 bridgehead atoms. The van der Waals surface area contributed by atoms with E-state index in [-0.39, 0.29) is 36.6 Å². The van der Waals surface area contributed by atoms with Crippen LogP contribution in [-0.4, -0.2) is 142 Å². The van der Waals surface area contributed by atoms with Crippen molar-refractivity contribution in [3.63, 3.8) is 0 Å². The molecule has 0 aliphatic carbocycles. The normalized spacial score (nSPS) is 20.2. The largest absolute Gasteiger partial charge is 0.507 e. The fourth-order valence-corrected chi connectivity index (χ4v) is 8.32. The number of phenolic OH excluding ortho intramolecular Hbond substituents is 1. The number of nitrogens with one attached hydrogen (secondary N) is 1. The van der Waals surface area contributed by atoms with Crippen LogP contribution in [0.1, 0.15) is 60.8 Å². The van der Waals surface area contributed by atoms with Crippen LogP contribution >= 0.6 is 0 Å². The number of amides is 4. The van der Waals surface area contributed by atoms with Gasteiger partial charge in [0, 0.05) is 76.4 Å². The highest BCUT2D eigenvalue weighted by atomic mass is 16.6. The molecule has 4 aliphatic heterocycles. The van der Waals surface area contributed by atoms with Gasteiger partial charge < -0.3 is 39.9 Å². The Bertz CT molecular complexity index is 1570. The minimum absolute atomic E-state index is 0.000736. The monoisotopic (exact) mass is 718 g/mol. The fraction of sp³-hybridized carbons (Fsp3) is 0.590. The lowest BCUT2D eigenvalue weighted by atomic mass is 10.00. The topological polar surface area (TPSA) is 146 Å². The molecule has 3 fully saturated rings. The van der Waals surface area contributed by atoms with E-state index in [4.69, 9.17) is 9.84 Å². The minimum Gasteiger partial charge on any atom is -0.507 e. The maximum atomic E-state index is 14.1. The van der Waals surface area contributed by atoms with Crippen LogP contribution in [0.3, 0.4) is 0 Å². The summed E-state index contributed by atoms with van der Waals surface area (Å²) >= 11 is 0. The molecule has 282 valence electrons. The third-order valence-corrected chi connectivity index (χ3v) is 11.4. The second-order valence-electron chi connectivity index (χ2n) is 14.8. The van der Waals surface area contributed by atoms with Crippen molar-refractivity contribution in [3.8, 4) is 5.75 Å². The zero-order valence-electron chi connectivity index (χ0n) is 30.6. The minimum atomic E-state index is -1.01. The molecule has 4 heterocycles. The second-order valence-corrected chi connectivity index (χ2v) is 14.8. The first-order valence-corrected chi connectivity index (χ1v) is 18.9. The molecule has 1 atom stereocenters. The number of para-hydroxylation sites is 1. The molecule has 4 aliphatic rings. The number of piperidine rings is 2.